The first kappa shape index (κ1) is 11.0. The second kappa shape index (κ2) is 3.34. The fourth-order valence-corrected chi connectivity index (χ4v) is 5.80. The van der Waals surface area contributed by atoms with Crippen molar-refractivity contribution in [3.05, 3.63) is 12.4 Å². The minimum Gasteiger partial charge on any atom is -0.391 e. The Bertz CT molecular complexity index is 568. The first-order chi connectivity index (χ1) is 8.59. The van der Waals surface area contributed by atoms with Crippen LogP contribution in [-0.4, -0.2) is 46.7 Å². The van der Waals surface area contributed by atoms with Crippen molar-refractivity contribution in [1.29, 1.82) is 0 Å². The molecule has 1 aromatic rings. The zero-order valence-electron chi connectivity index (χ0n) is 9.73. The van der Waals surface area contributed by atoms with E-state index in [2.05, 4.69) is 10.2 Å². The Kier molecular flexibility index (Phi) is 2.03. The van der Waals surface area contributed by atoms with E-state index in [1.54, 1.807) is 0 Å². The molecule has 2 aliphatic carbocycles. The zero-order valence-corrected chi connectivity index (χ0v) is 10.5. The van der Waals surface area contributed by atoms with Gasteiger partial charge >= 0.3 is 0 Å². The number of aliphatic hydroxyl groups is 1. The van der Waals surface area contributed by atoms with E-state index in [1.165, 1.54) is 16.7 Å². The fraction of sp³-hybridized carbons (Fsp3) is 0.727. The molecule has 2 N–H and O–H groups in total. The van der Waals surface area contributed by atoms with Crippen LogP contribution >= 0.6 is 0 Å². The van der Waals surface area contributed by atoms with E-state index < -0.39 is 16.1 Å². The first-order valence-electron chi connectivity index (χ1n) is 6.28. The third-order valence-electron chi connectivity index (χ3n) is 4.88. The Balaban J connectivity index is 1.75. The summed E-state index contributed by atoms with van der Waals surface area (Å²) in [5.41, 5.74) is 0. The molecule has 1 aromatic heterocycles. The minimum absolute atomic E-state index is 0.194. The molecule has 5 unspecified atom stereocenters. The summed E-state index contributed by atoms with van der Waals surface area (Å²) in [7, 11) is -3.51. The van der Waals surface area contributed by atoms with Crippen molar-refractivity contribution < 1.29 is 13.5 Å². The monoisotopic (exact) mass is 269 g/mol. The smallest absolute Gasteiger partial charge is 0.246 e. The van der Waals surface area contributed by atoms with Crippen LogP contribution in [0, 0.1) is 17.8 Å². The van der Waals surface area contributed by atoms with Crippen molar-refractivity contribution in [2.75, 3.05) is 6.54 Å². The summed E-state index contributed by atoms with van der Waals surface area (Å²) in [6.45, 7) is 0.552. The van der Waals surface area contributed by atoms with Crippen molar-refractivity contribution in [1.82, 2.24) is 14.5 Å². The van der Waals surface area contributed by atoms with Crippen molar-refractivity contribution in [3.63, 3.8) is 0 Å². The predicted octanol–water partition coefficient (Wildman–Crippen LogP) is -0.201. The number of hydrogen-bond acceptors (Lipinski definition) is 4. The van der Waals surface area contributed by atoms with Crippen LogP contribution in [0.25, 0.3) is 0 Å². The number of aromatic nitrogens is 2. The largest absolute Gasteiger partial charge is 0.391 e. The van der Waals surface area contributed by atoms with Gasteiger partial charge in [-0.15, -0.1) is 0 Å². The average molecular weight is 269 g/mol. The number of fused-ring (bicyclic) bond motifs is 1. The molecule has 2 saturated carbocycles. The lowest BCUT2D eigenvalue weighted by Gasteiger charge is -2.27. The Morgan fingerprint density at radius 1 is 1.39 bits per heavy atom. The van der Waals surface area contributed by atoms with Crippen LogP contribution in [0.15, 0.2) is 17.3 Å². The van der Waals surface area contributed by atoms with Crippen molar-refractivity contribution in [2.24, 2.45) is 17.8 Å². The van der Waals surface area contributed by atoms with E-state index in [0.717, 1.165) is 12.8 Å². The molecule has 7 heteroatoms. The van der Waals surface area contributed by atoms with Gasteiger partial charge in [-0.05, 0) is 30.6 Å². The first-order valence-corrected chi connectivity index (χ1v) is 7.72. The highest BCUT2D eigenvalue weighted by atomic mass is 32.2. The Hall–Kier alpha value is -0.920. The maximum atomic E-state index is 12.5. The molecule has 1 aliphatic heterocycles. The van der Waals surface area contributed by atoms with Gasteiger partial charge in [0.2, 0.25) is 10.0 Å². The zero-order chi connectivity index (χ0) is 12.5. The van der Waals surface area contributed by atoms with E-state index in [4.69, 9.17) is 0 Å². The molecule has 0 radical (unpaired) electrons. The molecule has 3 aliphatic rings. The molecule has 18 heavy (non-hydrogen) atoms. The van der Waals surface area contributed by atoms with Crippen molar-refractivity contribution >= 4 is 10.0 Å². The van der Waals surface area contributed by atoms with Crippen LogP contribution in [0.3, 0.4) is 0 Å². The summed E-state index contributed by atoms with van der Waals surface area (Å²) in [6, 6.07) is -0.214. The lowest BCUT2D eigenvalue weighted by atomic mass is 9.88. The molecule has 0 spiro atoms. The van der Waals surface area contributed by atoms with Crippen LogP contribution in [0.1, 0.15) is 12.8 Å². The lowest BCUT2D eigenvalue weighted by Crippen LogP contribution is -2.43. The highest BCUT2D eigenvalue weighted by Crippen LogP contribution is 2.55. The molecule has 0 aromatic carbocycles. The van der Waals surface area contributed by atoms with Gasteiger partial charge in [0.15, 0.2) is 0 Å². The molecule has 2 heterocycles. The summed E-state index contributed by atoms with van der Waals surface area (Å²) in [6.07, 6.45) is 4.19. The van der Waals surface area contributed by atoms with Crippen LogP contribution in [0.2, 0.25) is 0 Å². The molecule has 5 atom stereocenters. The lowest BCUT2D eigenvalue weighted by molar-refractivity contribution is 0.0731. The second-order valence-corrected chi connectivity index (χ2v) is 7.54. The molecule has 6 nitrogen and oxygen atoms in total. The highest BCUT2D eigenvalue weighted by molar-refractivity contribution is 7.89. The molecule has 3 fully saturated rings. The van der Waals surface area contributed by atoms with E-state index >= 15 is 0 Å². The second-order valence-electron chi connectivity index (χ2n) is 5.65. The maximum absolute atomic E-state index is 12.5. The topological polar surface area (TPSA) is 86.3 Å². The Morgan fingerprint density at radius 2 is 2.22 bits per heavy atom. The summed E-state index contributed by atoms with van der Waals surface area (Å²) >= 11 is 0. The van der Waals surface area contributed by atoms with Gasteiger partial charge < -0.3 is 5.11 Å². The molecule has 1 saturated heterocycles. The van der Waals surface area contributed by atoms with Gasteiger partial charge in [0.05, 0.1) is 18.3 Å². The van der Waals surface area contributed by atoms with Gasteiger partial charge in [0, 0.05) is 12.7 Å². The van der Waals surface area contributed by atoms with E-state index in [9.17, 15) is 13.5 Å². The van der Waals surface area contributed by atoms with Crippen LogP contribution < -0.4 is 0 Å². The molecule has 98 valence electrons. The standard InChI is InChI=1S/C11H15N3O3S/c15-11-6-1-7-5-14(10(11)9(7)2-6)18(16,17)8-3-12-13-4-8/h3-4,6-7,9-11,15H,1-2,5H2,(H,12,13). The Labute approximate surface area is 105 Å². The number of nitrogens with zero attached hydrogens (tertiary/aromatic N) is 2. The van der Waals surface area contributed by atoms with E-state index in [0.29, 0.717) is 24.3 Å². The average Bonchev–Trinajstić information content (AvgIpc) is 3.03. The SMILES string of the molecule is O=S(=O)(c1cn[nH]c1)N1CC2CC3CC2C1C3O. The number of nitrogens with one attached hydrogen (secondary N) is 1. The molecule has 0 amide bonds. The molecule has 2 bridgehead atoms. The number of sulfonamides is 1. The Morgan fingerprint density at radius 3 is 2.89 bits per heavy atom. The molecule has 4 rings (SSSR count). The third-order valence-corrected chi connectivity index (χ3v) is 6.71. The number of rotatable bonds is 2. The summed E-state index contributed by atoms with van der Waals surface area (Å²) in [4.78, 5) is 0.194. The number of hydrogen-bond donors (Lipinski definition) is 2. The minimum atomic E-state index is -3.51. The quantitative estimate of drug-likeness (QED) is 0.778. The highest BCUT2D eigenvalue weighted by Gasteiger charge is 2.61. The summed E-state index contributed by atoms with van der Waals surface area (Å²) in [5.74, 6) is 1.09. The molecular formula is C11H15N3O3S. The van der Waals surface area contributed by atoms with Gasteiger partial charge in [-0.3, -0.25) is 5.10 Å². The van der Waals surface area contributed by atoms with Gasteiger partial charge in [-0.25, -0.2) is 8.42 Å². The van der Waals surface area contributed by atoms with Gasteiger partial charge in [-0.1, -0.05) is 0 Å². The van der Waals surface area contributed by atoms with Crippen LogP contribution in [0.4, 0.5) is 0 Å². The normalized spacial score (nSPS) is 42.8. The van der Waals surface area contributed by atoms with Crippen LogP contribution in [-0.2, 0) is 10.0 Å². The fourth-order valence-electron chi connectivity index (χ4n) is 4.15. The number of aliphatic hydroxyl groups excluding tert-OH is 1. The van der Waals surface area contributed by atoms with E-state index in [1.807, 2.05) is 0 Å². The predicted molar refractivity (Wildman–Crippen MR) is 62.0 cm³/mol. The van der Waals surface area contributed by atoms with Crippen molar-refractivity contribution in [3.8, 4) is 0 Å². The third kappa shape index (κ3) is 1.19. The van der Waals surface area contributed by atoms with Crippen LogP contribution in [0.5, 0.6) is 0 Å². The van der Waals surface area contributed by atoms with Crippen molar-refractivity contribution in [2.45, 2.75) is 29.9 Å². The van der Waals surface area contributed by atoms with Gasteiger partial charge in [0.1, 0.15) is 4.90 Å². The number of aromatic amines is 1. The maximum Gasteiger partial charge on any atom is 0.246 e. The summed E-state index contributed by atoms with van der Waals surface area (Å²) in [5, 5.41) is 16.4. The summed E-state index contributed by atoms with van der Waals surface area (Å²) < 4.78 is 26.5. The molecular weight excluding hydrogens is 254 g/mol. The number of H-pyrrole nitrogens is 1. The van der Waals surface area contributed by atoms with E-state index in [-0.39, 0.29) is 10.9 Å². The van der Waals surface area contributed by atoms with Gasteiger partial charge in [0.25, 0.3) is 0 Å². The van der Waals surface area contributed by atoms with Gasteiger partial charge in [-0.2, -0.15) is 9.40 Å².